The third-order valence-electron chi connectivity index (χ3n) is 3.50. The molecule has 0 amide bonds. The maximum atomic E-state index is 5.82. The van der Waals surface area contributed by atoms with E-state index < -0.39 is 0 Å². The molecule has 2 heteroatoms. The molecule has 0 aliphatic heterocycles. The third kappa shape index (κ3) is 2.76. The van der Waals surface area contributed by atoms with Crippen molar-refractivity contribution in [2.24, 2.45) is 5.92 Å². The van der Waals surface area contributed by atoms with Crippen LogP contribution in [0.5, 0.6) is 5.75 Å². The first-order chi connectivity index (χ1) is 7.79. The first-order valence-corrected chi connectivity index (χ1v) is 6.19. The van der Waals surface area contributed by atoms with Crippen LogP contribution < -0.4 is 10.1 Å². The summed E-state index contributed by atoms with van der Waals surface area (Å²) in [4.78, 5) is 0. The Kier molecular flexibility index (Phi) is 3.83. The number of benzene rings is 1. The molecule has 2 nitrogen and oxygen atoms in total. The molecule has 0 radical (unpaired) electrons. The highest BCUT2D eigenvalue weighted by atomic mass is 16.5. The highest BCUT2D eigenvalue weighted by Crippen LogP contribution is 2.27. The van der Waals surface area contributed by atoms with Crippen LogP contribution in [0.4, 0.5) is 0 Å². The Hall–Kier alpha value is -1.02. The lowest BCUT2D eigenvalue weighted by molar-refractivity contribution is 0.180. The van der Waals surface area contributed by atoms with Crippen LogP contribution in [-0.2, 0) is 0 Å². The molecule has 1 aromatic carbocycles. The molecule has 0 bridgehead atoms. The lowest BCUT2D eigenvalue weighted by Crippen LogP contribution is -2.19. The number of hydrogen-bond acceptors (Lipinski definition) is 2. The number of rotatable bonds is 5. The van der Waals surface area contributed by atoms with Gasteiger partial charge in [-0.05, 0) is 50.4 Å². The van der Waals surface area contributed by atoms with Crippen LogP contribution in [0.25, 0.3) is 0 Å². The van der Waals surface area contributed by atoms with Crippen molar-refractivity contribution in [3.8, 4) is 5.75 Å². The quantitative estimate of drug-likeness (QED) is 0.821. The second-order valence-corrected chi connectivity index (χ2v) is 4.69. The lowest BCUT2D eigenvalue weighted by atomic mass is 9.86. The van der Waals surface area contributed by atoms with E-state index in [0.717, 1.165) is 18.3 Å². The van der Waals surface area contributed by atoms with Gasteiger partial charge < -0.3 is 10.1 Å². The second kappa shape index (κ2) is 5.35. The van der Waals surface area contributed by atoms with Gasteiger partial charge in [-0.15, -0.1) is 0 Å². The van der Waals surface area contributed by atoms with Crippen LogP contribution in [0.15, 0.2) is 24.3 Å². The molecule has 1 atom stereocenters. The minimum Gasteiger partial charge on any atom is -0.493 e. The van der Waals surface area contributed by atoms with Crippen LogP contribution in [0, 0.1) is 5.92 Å². The van der Waals surface area contributed by atoms with Gasteiger partial charge in [-0.1, -0.05) is 18.6 Å². The highest BCUT2D eigenvalue weighted by molar-refractivity contribution is 5.30. The first kappa shape index (κ1) is 11.5. The minimum atomic E-state index is 0.382. The van der Waals surface area contributed by atoms with Gasteiger partial charge in [0.05, 0.1) is 6.61 Å². The van der Waals surface area contributed by atoms with E-state index in [0.29, 0.717) is 6.04 Å². The van der Waals surface area contributed by atoms with E-state index in [1.807, 2.05) is 13.1 Å². The van der Waals surface area contributed by atoms with E-state index in [-0.39, 0.29) is 0 Å². The molecule has 0 aromatic heterocycles. The Balaban J connectivity index is 1.92. The van der Waals surface area contributed by atoms with Crippen LogP contribution in [0.3, 0.4) is 0 Å². The second-order valence-electron chi connectivity index (χ2n) is 4.69. The van der Waals surface area contributed by atoms with Gasteiger partial charge in [0, 0.05) is 6.04 Å². The summed E-state index contributed by atoms with van der Waals surface area (Å²) in [5, 5.41) is 3.24. The van der Waals surface area contributed by atoms with E-state index in [1.165, 1.54) is 24.8 Å². The molecule has 0 saturated heterocycles. The summed E-state index contributed by atoms with van der Waals surface area (Å²) in [6, 6.07) is 8.77. The molecule has 0 heterocycles. The SMILES string of the molecule is CNC(C)c1cccc(OCC2CCC2)c1. The molecule has 1 aliphatic carbocycles. The molecule has 1 saturated carbocycles. The zero-order chi connectivity index (χ0) is 11.4. The standard InChI is InChI=1S/C14H21NO/c1-11(15-2)13-7-4-8-14(9-13)16-10-12-5-3-6-12/h4,7-9,11-12,15H,3,5-6,10H2,1-2H3. The third-order valence-corrected chi connectivity index (χ3v) is 3.50. The van der Waals surface area contributed by atoms with Gasteiger partial charge in [0.15, 0.2) is 0 Å². The molecule has 0 spiro atoms. The molecule has 88 valence electrons. The van der Waals surface area contributed by atoms with Gasteiger partial charge in [0.25, 0.3) is 0 Å². The van der Waals surface area contributed by atoms with Crippen molar-refractivity contribution in [2.45, 2.75) is 32.2 Å². The summed E-state index contributed by atoms with van der Waals surface area (Å²) in [5.74, 6) is 1.80. The van der Waals surface area contributed by atoms with Gasteiger partial charge in [0.2, 0.25) is 0 Å². The molecule has 1 aromatic rings. The highest BCUT2D eigenvalue weighted by Gasteiger charge is 2.17. The Morgan fingerprint density at radius 2 is 2.25 bits per heavy atom. The van der Waals surface area contributed by atoms with Crippen LogP contribution in [-0.4, -0.2) is 13.7 Å². The van der Waals surface area contributed by atoms with Crippen molar-refractivity contribution in [1.29, 1.82) is 0 Å². The van der Waals surface area contributed by atoms with Crippen LogP contribution >= 0.6 is 0 Å². The van der Waals surface area contributed by atoms with Gasteiger partial charge in [-0.25, -0.2) is 0 Å². The van der Waals surface area contributed by atoms with E-state index in [1.54, 1.807) is 0 Å². The maximum Gasteiger partial charge on any atom is 0.119 e. The largest absolute Gasteiger partial charge is 0.493 e. The van der Waals surface area contributed by atoms with Crippen molar-refractivity contribution in [3.63, 3.8) is 0 Å². The fourth-order valence-electron chi connectivity index (χ4n) is 1.91. The predicted octanol–water partition coefficient (Wildman–Crippen LogP) is 3.15. The summed E-state index contributed by atoms with van der Waals surface area (Å²) in [7, 11) is 1.98. The van der Waals surface area contributed by atoms with E-state index in [9.17, 15) is 0 Å². The zero-order valence-electron chi connectivity index (χ0n) is 10.2. The minimum absolute atomic E-state index is 0.382. The van der Waals surface area contributed by atoms with Crippen LogP contribution in [0.1, 0.15) is 37.8 Å². The summed E-state index contributed by atoms with van der Waals surface area (Å²) < 4.78 is 5.82. The molecule has 1 unspecified atom stereocenters. The van der Waals surface area contributed by atoms with Crippen molar-refractivity contribution < 1.29 is 4.74 Å². The van der Waals surface area contributed by atoms with E-state index >= 15 is 0 Å². The summed E-state index contributed by atoms with van der Waals surface area (Å²) in [5.41, 5.74) is 1.29. The number of hydrogen-bond donors (Lipinski definition) is 1. The van der Waals surface area contributed by atoms with Crippen molar-refractivity contribution in [2.75, 3.05) is 13.7 Å². The molecule has 1 N–H and O–H groups in total. The fraction of sp³-hybridized carbons (Fsp3) is 0.571. The van der Waals surface area contributed by atoms with E-state index in [2.05, 4.69) is 30.4 Å². The smallest absolute Gasteiger partial charge is 0.119 e. The monoisotopic (exact) mass is 219 g/mol. The fourth-order valence-corrected chi connectivity index (χ4v) is 1.91. The number of nitrogens with one attached hydrogen (secondary N) is 1. The van der Waals surface area contributed by atoms with Gasteiger partial charge in [-0.2, -0.15) is 0 Å². The summed E-state index contributed by atoms with van der Waals surface area (Å²) in [6.45, 7) is 3.04. The average Bonchev–Trinajstić information content (AvgIpc) is 2.26. The Morgan fingerprint density at radius 3 is 2.88 bits per heavy atom. The molecule has 1 aliphatic rings. The van der Waals surface area contributed by atoms with Crippen molar-refractivity contribution >= 4 is 0 Å². The lowest BCUT2D eigenvalue weighted by Gasteiger charge is -2.25. The van der Waals surface area contributed by atoms with E-state index in [4.69, 9.17) is 4.74 Å². The predicted molar refractivity (Wildman–Crippen MR) is 66.8 cm³/mol. The Morgan fingerprint density at radius 1 is 1.44 bits per heavy atom. The summed E-state index contributed by atoms with van der Waals surface area (Å²) >= 11 is 0. The molecule has 2 rings (SSSR count). The maximum absolute atomic E-state index is 5.82. The molecular formula is C14H21NO. The average molecular weight is 219 g/mol. The zero-order valence-corrected chi connectivity index (χ0v) is 10.2. The Labute approximate surface area is 98.0 Å². The first-order valence-electron chi connectivity index (χ1n) is 6.19. The topological polar surface area (TPSA) is 21.3 Å². The summed E-state index contributed by atoms with van der Waals surface area (Å²) in [6.07, 6.45) is 4.06. The van der Waals surface area contributed by atoms with Crippen LogP contribution in [0.2, 0.25) is 0 Å². The molecule has 16 heavy (non-hydrogen) atoms. The number of ether oxygens (including phenoxy) is 1. The van der Waals surface area contributed by atoms with Crippen molar-refractivity contribution in [3.05, 3.63) is 29.8 Å². The van der Waals surface area contributed by atoms with Crippen molar-refractivity contribution in [1.82, 2.24) is 5.32 Å². The molecule has 1 fully saturated rings. The normalized spacial score (nSPS) is 17.9. The molecular weight excluding hydrogens is 198 g/mol. The Bertz CT molecular complexity index is 333. The van der Waals surface area contributed by atoms with Gasteiger partial charge in [-0.3, -0.25) is 0 Å². The van der Waals surface area contributed by atoms with Gasteiger partial charge in [0.1, 0.15) is 5.75 Å². The van der Waals surface area contributed by atoms with Gasteiger partial charge >= 0.3 is 0 Å².